The van der Waals surface area contributed by atoms with E-state index in [0.717, 1.165) is 12.8 Å². The van der Waals surface area contributed by atoms with Crippen LogP contribution in [0.1, 0.15) is 19.3 Å². The molecule has 0 aromatic carbocycles. The van der Waals surface area contributed by atoms with E-state index in [-0.39, 0.29) is 11.3 Å². The molecule has 20 heavy (non-hydrogen) atoms. The maximum Gasteiger partial charge on any atom is 0.327 e. The van der Waals surface area contributed by atoms with Crippen molar-refractivity contribution >= 4 is 23.6 Å². The summed E-state index contributed by atoms with van der Waals surface area (Å²) in [4.78, 5) is 29.3. The van der Waals surface area contributed by atoms with Crippen molar-refractivity contribution < 1.29 is 14.7 Å². The zero-order valence-electron chi connectivity index (χ0n) is 11.0. The molecule has 0 spiro atoms. The fourth-order valence-corrected chi connectivity index (χ4v) is 4.20. The zero-order valence-corrected chi connectivity index (χ0v) is 11.8. The van der Waals surface area contributed by atoms with Crippen LogP contribution in [0.15, 0.2) is 18.7 Å². The van der Waals surface area contributed by atoms with Crippen LogP contribution in [-0.4, -0.2) is 48.6 Å². The smallest absolute Gasteiger partial charge is 0.327 e. The van der Waals surface area contributed by atoms with Gasteiger partial charge in [0.15, 0.2) is 0 Å². The van der Waals surface area contributed by atoms with Gasteiger partial charge in [-0.15, -0.1) is 11.8 Å². The third kappa shape index (κ3) is 2.67. The van der Waals surface area contributed by atoms with Crippen LogP contribution in [0.2, 0.25) is 0 Å². The van der Waals surface area contributed by atoms with E-state index in [0.29, 0.717) is 24.6 Å². The maximum atomic E-state index is 12.4. The number of rotatable bonds is 5. The Kier molecular flexibility index (Phi) is 3.69. The summed E-state index contributed by atoms with van der Waals surface area (Å²) in [6, 6.07) is -0.666. The minimum absolute atomic E-state index is 0.0615. The Balaban J connectivity index is 1.67. The highest BCUT2D eigenvalue weighted by Gasteiger charge is 2.47. The summed E-state index contributed by atoms with van der Waals surface area (Å²) in [6.45, 7) is 0.545. The number of hydrogen-bond donors (Lipinski definition) is 1. The largest absolute Gasteiger partial charge is 0.480 e. The third-order valence-corrected chi connectivity index (χ3v) is 5.24. The molecular formula is C13H17N3O3S. The number of carbonyl (C=O) groups is 2. The summed E-state index contributed by atoms with van der Waals surface area (Å²) >= 11 is 1.61. The molecule has 1 aromatic rings. The van der Waals surface area contributed by atoms with Gasteiger partial charge in [0.25, 0.3) is 0 Å². The Bertz CT molecular complexity index is 501. The van der Waals surface area contributed by atoms with Crippen molar-refractivity contribution in [2.75, 3.05) is 5.75 Å². The number of carboxylic acids is 1. The predicted octanol–water partition coefficient (Wildman–Crippen LogP) is 1.04. The summed E-state index contributed by atoms with van der Waals surface area (Å²) in [5, 5.41) is 9.34. The number of hydrogen-bond acceptors (Lipinski definition) is 4. The summed E-state index contributed by atoms with van der Waals surface area (Å²) in [7, 11) is 0. The Morgan fingerprint density at radius 2 is 2.20 bits per heavy atom. The fraction of sp³-hybridized carbons (Fsp3) is 0.615. The van der Waals surface area contributed by atoms with Gasteiger partial charge in [-0.1, -0.05) is 0 Å². The normalized spacial score (nSPS) is 25.9. The standard InChI is InChI=1S/C13H17N3O3S/c17-11(3-5-15-6-4-14-8-15)16-10(13(18)19)7-20-12(16)9-1-2-9/h4,6,8-10,12H,1-3,5,7H2,(H,18,19). The van der Waals surface area contributed by atoms with Gasteiger partial charge in [0.2, 0.25) is 5.91 Å². The van der Waals surface area contributed by atoms with Gasteiger partial charge < -0.3 is 14.6 Å². The number of amides is 1. The Hall–Kier alpha value is -1.50. The van der Waals surface area contributed by atoms with Crippen molar-refractivity contribution in [2.24, 2.45) is 5.92 Å². The fourth-order valence-electron chi connectivity index (χ4n) is 2.55. The van der Waals surface area contributed by atoms with Crippen molar-refractivity contribution in [2.45, 2.75) is 37.2 Å². The van der Waals surface area contributed by atoms with Gasteiger partial charge in [-0.05, 0) is 18.8 Å². The van der Waals surface area contributed by atoms with Crippen LogP contribution in [-0.2, 0) is 16.1 Å². The first-order valence-electron chi connectivity index (χ1n) is 6.78. The molecule has 1 N–H and O–H groups in total. The van der Waals surface area contributed by atoms with E-state index in [2.05, 4.69) is 4.98 Å². The first kappa shape index (κ1) is 13.5. The molecule has 2 atom stereocenters. The summed E-state index contributed by atoms with van der Waals surface area (Å²) < 4.78 is 1.84. The van der Waals surface area contributed by atoms with Crippen LogP contribution in [0.25, 0.3) is 0 Å². The van der Waals surface area contributed by atoms with E-state index in [1.54, 1.807) is 35.4 Å². The summed E-state index contributed by atoms with van der Waals surface area (Å²) in [5.74, 6) is 0.0408. The van der Waals surface area contributed by atoms with Crippen molar-refractivity contribution in [1.29, 1.82) is 0 Å². The average molecular weight is 295 g/mol. The zero-order chi connectivity index (χ0) is 14.1. The van der Waals surface area contributed by atoms with E-state index in [1.165, 1.54) is 0 Å². The third-order valence-electron chi connectivity index (χ3n) is 3.78. The minimum Gasteiger partial charge on any atom is -0.480 e. The average Bonchev–Trinajstić information content (AvgIpc) is 2.97. The van der Waals surface area contributed by atoms with Gasteiger partial charge in [0.05, 0.1) is 11.7 Å². The molecule has 2 fully saturated rings. The number of aliphatic carboxylic acids is 1. The first-order chi connectivity index (χ1) is 9.66. The first-order valence-corrected chi connectivity index (χ1v) is 7.83. The molecule has 1 aliphatic carbocycles. The highest BCUT2D eigenvalue weighted by molar-refractivity contribution is 8.00. The highest BCUT2D eigenvalue weighted by atomic mass is 32.2. The van der Waals surface area contributed by atoms with E-state index < -0.39 is 12.0 Å². The van der Waals surface area contributed by atoms with Crippen LogP contribution in [0.5, 0.6) is 0 Å². The van der Waals surface area contributed by atoms with Crippen LogP contribution in [0.4, 0.5) is 0 Å². The maximum absolute atomic E-state index is 12.4. The molecule has 2 aliphatic rings. The van der Waals surface area contributed by atoms with Gasteiger partial charge in [-0.25, -0.2) is 9.78 Å². The SMILES string of the molecule is O=C(O)C1CSC(C2CC2)N1C(=O)CCn1ccnc1. The highest BCUT2D eigenvalue weighted by Crippen LogP contribution is 2.45. The number of nitrogens with zero attached hydrogens (tertiary/aromatic N) is 3. The lowest BCUT2D eigenvalue weighted by Gasteiger charge is -2.27. The molecule has 1 saturated carbocycles. The predicted molar refractivity (Wildman–Crippen MR) is 74.1 cm³/mol. The van der Waals surface area contributed by atoms with Crippen molar-refractivity contribution in [1.82, 2.24) is 14.5 Å². The van der Waals surface area contributed by atoms with Crippen LogP contribution in [0.3, 0.4) is 0 Å². The number of aromatic nitrogens is 2. The Morgan fingerprint density at radius 3 is 2.80 bits per heavy atom. The number of thioether (sulfide) groups is 1. The molecule has 0 radical (unpaired) electrons. The lowest BCUT2D eigenvalue weighted by Crippen LogP contribution is -2.46. The molecule has 6 nitrogen and oxygen atoms in total. The summed E-state index contributed by atoms with van der Waals surface area (Å²) in [6.07, 6.45) is 7.68. The van der Waals surface area contributed by atoms with Gasteiger partial charge in [-0.2, -0.15) is 0 Å². The number of aryl methyl sites for hydroxylation is 1. The van der Waals surface area contributed by atoms with E-state index in [1.807, 2.05) is 4.57 Å². The molecule has 2 heterocycles. The van der Waals surface area contributed by atoms with Crippen LogP contribution in [0, 0.1) is 5.92 Å². The molecular weight excluding hydrogens is 278 g/mol. The molecule has 1 amide bonds. The molecule has 7 heteroatoms. The van der Waals surface area contributed by atoms with Crippen molar-refractivity contribution in [3.8, 4) is 0 Å². The minimum atomic E-state index is -0.892. The lowest BCUT2D eigenvalue weighted by atomic mass is 10.2. The molecule has 3 rings (SSSR count). The second-order valence-electron chi connectivity index (χ2n) is 5.27. The molecule has 2 unspecified atom stereocenters. The van der Waals surface area contributed by atoms with Gasteiger partial charge in [0, 0.05) is 31.1 Å². The Morgan fingerprint density at radius 1 is 1.40 bits per heavy atom. The molecule has 1 aliphatic heterocycles. The van der Waals surface area contributed by atoms with Crippen molar-refractivity contribution in [3.05, 3.63) is 18.7 Å². The molecule has 0 bridgehead atoms. The topological polar surface area (TPSA) is 75.4 Å². The van der Waals surface area contributed by atoms with E-state index in [9.17, 15) is 14.7 Å². The summed E-state index contributed by atoms with van der Waals surface area (Å²) in [5.41, 5.74) is 0. The second-order valence-corrected chi connectivity index (χ2v) is 6.42. The Labute approximate surface area is 121 Å². The molecule has 108 valence electrons. The van der Waals surface area contributed by atoms with Gasteiger partial charge in [0.1, 0.15) is 6.04 Å². The second kappa shape index (κ2) is 5.47. The van der Waals surface area contributed by atoms with Gasteiger partial charge in [-0.3, -0.25) is 4.79 Å². The quantitative estimate of drug-likeness (QED) is 0.878. The van der Waals surface area contributed by atoms with Crippen LogP contribution < -0.4 is 0 Å². The van der Waals surface area contributed by atoms with E-state index in [4.69, 9.17) is 0 Å². The molecule has 1 saturated heterocycles. The lowest BCUT2D eigenvalue weighted by molar-refractivity contribution is -0.149. The van der Waals surface area contributed by atoms with Gasteiger partial charge >= 0.3 is 5.97 Å². The number of carbonyl (C=O) groups excluding carboxylic acids is 1. The van der Waals surface area contributed by atoms with Crippen LogP contribution >= 0.6 is 11.8 Å². The monoisotopic (exact) mass is 295 g/mol. The number of imidazole rings is 1. The van der Waals surface area contributed by atoms with E-state index >= 15 is 0 Å². The van der Waals surface area contributed by atoms with Crippen molar-refractivity contribution in [3.63, 3.8) is 0 Å². The number of carboxylic acid groups (broad SMARTS) is 1. The molecule has 1 aromatic heterocycles.